The summed E-state index contributed by atoms with van der Waals surface area (Å²) in [5.41, 5.74) is 3.30. The zero-order chi connectivity index (χ0) is 27.4. The minimum atomic E-state index is -1.00. The second-order valence-electron chi connectivity index (χ2n) is 9.66. The summed E-state index contributed by atoms with van der Waals surface area (Å²) in [4.78, 5) is 34.2. The number of nitrogens with zero attached hydrogens (tertiary/aromatic N) is 2. The molecule has 198 valence electrons. The number of H-pyrrole nitrogens is 1. The Morgan fingerprint density at radius 1 is 0.974 bits per heavy atom. The second kappa shape index (κ2) is 11.4. The van der Waals surface area contributed by atoms with Crippen molar-refractivity contribution in [2.75, 3.05) is 20.8 Å². The van der Waals surface area contributed by atoms with E-state index in [4.69, 9.17) is 15.9 Å². The zero-order valence-corrected chi connectivity index (χ0v) is 22.1. The predicted molar refractivity (Wildman–Crippen MR) is 151 cm³/mol. The number of hydrogen-bond donors (Lipinski definition) is 1. The Morgan fingerprint density at radius 3 is 2.46 bits per heavy atom. The summed E-state index contributed by atoms with van der Waals surface area (Å²) < 4.78 is 10.7. The van der Waals surface area contributed by atoms with Crippen molar-refractivity contribution in [3.05, 3.63) is 95.7 Å². The molecule has 3 aromatic carbocycles. The molecule has 1 aromatic heterocycles. The molecule has 2 heterocycles. The summed E-state index contributed by atoms with van der Waals surface area (Å²) >= 11 is 0. The lowest BCUT2D eigenvalue weighted by molar-refractivity contribution is -0.142. The van der Waals surface area contributed by atoms with E-state index < -0.39 is 6.04 Å². The van der Waals surface area contributed by atoms with Gasteiger partial charge in [-0.15, -0.1) is 6.42 Å². The molecule has 7 nitrogen and oxygen atoms in total. The third kappa shape index (κ3) is 5.46. The maximum atomic E-state index is 13.9. The van der Waals surface area contributed by atoms with Crippen molar-refractivity contribution in [1.29, 1.82) is 0 Å². The average molecular weight is 522 g/mol. The summed E-state index contributed by atoms with van der Waals surface area (Å²) in [5.74, 6) is 3.46. The van der Waals surface area contributed by atoms with E-state index in [9.17, 15) is 9.59 Å². The predicted octanol–water partition coefficient (Wildman–Crippen LogP) is 4.67. The van der Waals surface area contributed by atoms with Crippen molar-refractivity contribution in [3.63, 3.8) is 0 Å². The standard InChI is InChI=1S/C32H31N3O4/c1-4-30-32(37)34(20-23-11-8-12-26(17-23)38-2)25(14-13-22-9-6-5-7-10-22)21-35(30)31(36)29-19-24-18-27(39-3)15-16-28(24)33-29/h1,5-12,15-19,25,30,33H,13-14,20-21H2,2-3H3/t25-,30-/m0/s1. The lowest BCUT2D eigenvalue weighted by Crippen LogP contribution is -2.62. The minimum absolute atomic E-state index is 0.220. The third-order valence-corrected chi connectivity index (χ3v) is 7.25. The summed E-state index contributed by atoms with van der Waals surface area (Å²) in [7, 11) is 3.22. The van der Waals surface area contributed by atoms with E-state index in [1.807, 2.05) is 65.6 Å². The normalized spacial score (nSPS) is 17.2. The first-order valence-electron chi connectivity index (χ1n) is 12.9. The Kier molecular flexibility index (Phi) is 7.55. The van der Waals surface area contributed by atoms with Crippen molar-refractivity contribution in [3.8, 4) is 23.8 Å². The van der Waals surface area contributed by atoms with Crippen LogP contribution in [0, 0.1) is 12.3 Å². The number of fused-ring (bicyclic) bond motifs is 1. The molecule has 2 amide bonds. The van der Waals surface area contributed by atoms with Gasteiger partial charge in [0.15, 0.2) is 6.04 Å². The van der Waals surface area contributed by atoms with E-state index in [1.165, 1.54) is 10.5 Å². The molecule has 1 fully saturated rings. The van der Waals surface area contributed by atoms with Gasteiger partial charge >= 0.3 is 0 Å². The van der Waals surface area contributed by atoms with Crippen molar-refractivity contribution in [1.82, 2.24) is 14.8 Å². The maximum absolute atomic E-state index is 13.9. The number of piperazine rings is 1. The van der Waals surface area contributed by atoms with Gasteiger partial charge < -0.3 is 24.3 Å². The van der Waals surface area contributed by atoms with Crippen LogP contribution < -0.4 is 9.47 Å². The van der Waals surface area contributed by atoms with E-state index in [1.54, 1.807) is 20.3 Å². The lowest BCUT2D eigenvalue weighted by Gasteiger charge is -2.44. The van der Waals surface area contributed by atoms with Gasteiger partial charge in [0.1, 0.15) is 17.2 Å². The fourth-order valence-corrected chi connectivity index (χ4v) is 5.17. The van der Waals surface area contributed by atoms with E-state index >= 15 is 0 Å². The Balaban J connectivity index is 1.45. The minimum Gasteiger partial charge on any atom is -0.497 e. The van der Waals surface area contributed by atoms with Crippen LogP contribution in [0.25, 0.3) is 10.9 Å². The number of methoxy groups -OCH3 is 2. The van der Waals surface area contributed by atoms with Gasteiger partial charge in [-0.2, -0.15) is 0 Å². The fraction of sp³-hybridized carbons (Fsp3) is 0.250. The van der Waals surface area contributed by atoms with Crippen LogP contribution >= 0.6 is 0 Å². The molecule has 0 bridgehead atoms. The van der Waals surface area contributed by atoms with Gasteiger partial charge in [-0.25, -0.2) is 0 Å². The number of nitrogens with one attached hydrogen (secondary N) is 1. The quantitative estimate of drug-likeness (QED) is 0.342. The summed E-state index contributed by atoms with van der Waals surface area (Å²) in [6.45, 7) is 0.705. The summed E-state index contributed by atoms with van der Waals surface area (Å²) in [5, 5.41) is 0.846. The average Bonchev–Trinajstić information content (AvgIpc) is 3.41. The first-order valence-corrected chi connectivity index (χ1v) is 12.9. The molecule has 5 rings (SSSR count). The molecule has 7 heteroatoms. The molecule has 1 saturated heterocycles. The fourth-order valence-electron chi connectivity index (χ4n) is 5.17. The molecular formula is C32H31N3O4. The highest BCUT2D eigenvalue weighted by atomic mass is 16.5. The Labute approximate surface area is 228 Å². The Morgan fingerprint density at radius 2 is 1.72 bits per heavy atom. The van der Waals surface area contributed by atoms with Gasteiger partial charge in [-0.3, -0.25) is 9.59 Å². The largest absolute Gasteiger partial charge is 0.497 e. The maximum Gasteiger partial charge on any atom is 0.271 e. The van der Waals surface area contributed by atoms with Crippen molar-refractivity contribution in [2.45, 2.75) is 31.5 Å². The Bertz CT molecular complexity index is 1520. The van der Waals surface area contributed by atoms with Gasteiger partial charge in [0.05, 0.1) is 20.3 Å². The van der Waals surface area contributed by atoms with Crippen LogP contribution in [0.1, 0.15) is 28.0 Å². The number of carbonyl (C=O) groups is 2. The van der Waals surface area contributed by atoms with Crippen LogP contribution in [0.2, 0.25) is 0 Å². The van der Waals surface area contributed by atoms with Crippen LogP contribution in [0.5, 0.6) is 11.5 Å². The molecule has 0 unspecified atom stereocenters. The molecule has 1 aliphatic heterocycles. The smallest absolute Gasteiger partial charge is 0.271 e. The topological polar surface area (TPSA) is 74.9 Å². The zero-order valence-electron chi connectivity index (χ0n) is 22.1. The van der Waals surface area contributed by atoms with E-state index in [0.717, 1.165) is 28.6 Å². The molecule has 1 aliphatic rings. The van der Waals surface area contributed by atoms with Gasteiger partial charge in [0.2, 0.25) is 0 Å². The van der Waals surface area contributed by atoms with E-state index in [0.29, 0.717) is 31.0 Å². The number of terminal acetylenes is 1. The van der Waals surface area contributed by atoms with Gasteiger partial charge in [-0.1, -0.05) is 48.4 Å². The van der Waals surface area contributed by atoms with Gasteiger partial charge in [0, 0.05) is 24.0 Å². The van der Waals surface area contributed by atoms with Gasteiger partial charge in [-0.05, 0) is 60.4 Å². The number of aromatic amines is 1. The number of ether oxygens (including phenoxy) is 2. The second-order valence-corrected chi connectivity index (χ2v) is 9.66. The van der Waals surface area contributed by atoms with Crippen LogP contribution in [0.15, 0.2) is 78.9 Å². The van der Waals surface area contributed by atoms with Crippen LogP contribution in [0.3, 0.4) is 0 Å². The van der Waals surface area contributed by atoms with E-state index in [-0.39, 0.29) is 17.9 Å². The molecule has 4 aromatic rings. The lowest BCUT2D eigenvalue weighted by atomic mass is 9.97. The molecule has 39 heavy (non-hydrogen) atoms. The number of benzene rings is 3. The number of aromatic nitrogens is 1. The van der Waals surface area contributed by atoms with Gasteiger partial charge in [0.25, 0.3) is 11.8 Å². The third-order valence-electron chi connectivity index (χ3n) is 7.25. The molecule has 0 saturated carbocycles. The summed E-state index contributed by atoms with van der Waals surface area (Å²) in [6.07, 6.45) is 7.34. The van der Waals surface area contributed by atoms with Crippen LogP contribution in [0.4, 0.5) is 0 Å². The number of aryl methyl sites for hydroxylation is 1. The van der Waals surface area contributed by atoms with Crippen LogP contribution in [-0.2, 0) is 17.8 Å². The monoisotopic (exact) mass is 521 g/mol. The highest BCUT2D eigenvalue weighted by molar-refractivity contribution is 6.01. The molecule has 1 N–H and O–H groups in total. The molecule has 0 aliphatic carbocycles. The molecule has 0 spiro atoms. The van der Waals surface area contributed by atoms with Crippen LogP contribution in [-0.4, -0.2) is 59.4 Å². The van der Waals surface area contributed by atoms with E-state index in [2.05, 4.69) is 23.0 Å². The number of carbonyl (C=O) groups excluding carboxylic acids is 2. The first kappa shape index (κ1) is 25.9. The van der Waals surface area contributed by atoms with Crippen molar-refractivity contribution >= 4 is 22.7 Å². The SMILES string of the molecule is C#C[C@H]1C(=O)N(Cc2cccc(OC)c2)[C@@H](CCc2ccccc2)CN1C(=O)c1cc2cc(OC)ccc2[nH]1. The molecule has 0 radical (unpaired) electrons. The highest BCUT2D eigenvalue weighted by Gasteiger charge is 2.42. The number of rotatable bonds is 8. The summed E-state index contributed by atoms with van der Waals surface area (Å²) in [6, 6.07) is 23.9. The molecule has 2 atom stereocenters. The number of hydrogen-bond acceptors (Lipinski definition) is 4. The number of amides is 2. The Hall–Kier alpha value is -4.70. The molecular weight excluding hydrogens is 490 g/mol. The van der Waals surface area contributed by atoms with Crippen molar-refractivity contribution < 1.29 is 19.1 Å². The highest BCUT2D eigenvalue weighted by Crippen LogP contribution is 2.27. The van der Waals surface area contributed by atoms with Crippen molar-refractivity contribution in [2.24, 2.45) is 0 Å². The first-order chi connectivity index (χ1) is 19.0.